The fraction of sp³-hybridized carbons (Fsp3) is 0.533. The molecule has 1 fully saturated rings. The van der Waals surface area contributed by atoms with Crippen molar-refractivity contribution in [3.8, 4) is 0 Å². The predicted octanol–water partition coefficient (Wildman–Crippen LogP) is 3.00. The van der Waals surface area contributed by atoms with Gasteiger partial charge in [-0.3, -0.25) is 0 Å². The Morgan fingerprint density at radius 2 is 2.17 bits per heavy atom. The third-order valence-corrected chi connectivity index (χ3v) is 3.98. The number of benzene rings is 1. The van der Waals surface area contributed by atoms with Crippen LogP contribution in [0.4, 0.5) is 5.69 Å². The van der Waals surface area contributed by atoms with Crippen LogP contribution in [0.2, 0.25) is 0 Å². The van der Waals surface area contributed by atoms with Crippen molar-refractivity contribution < 1.29 is 9.53 Å². The number of hydrogen-bond donors (Lipinski definition) is 1. The summed E-state index contributed by atoms with van der Waals surface area (Å²) < 4.78 is 5.41. The van der Waals surface area contributed by atoms with Crippen LogP contribution in [0.5, 0.6) is 0 Å². The lowest BCUT2D eigenvalue weighted by Crippen LogP contribution is -2.12. The molecular weight excluding hydrogens is 226 g/mol. The van der Waals surface area contributed by atoms with E-state index in [-0.39, 0.29) is 5.97 Å². The van der Waals surface area contributed by atoms with Crippen LogP contribution in [0.1, 0.15) is 41.6 Å². The number of esters is 1. The zero-order valence-corrected chi connectivity index (χ0v) is 10.6. The van der Waals surface area contributed by atoms with Crippen LogP contribution in [-0.4, -0.2) is 19.1 Å². The highest BCUT2D eigenvalue weighted by atomic mass is 16.5. The molecule has 3 rings (SSSR count). The first-order valence-electron chi connectivity index (χ1n) is 6.87. The molecule has 3 heteroatoms. The molecule has 1 N–H and O–H groups in total. The lowest BCUT2D eigenvalue weighted by atomic mass is 10.1. The van der Waals surface area contributed by atoms with E-state index in [1.54, 1.807) is 0 Å². The Balaban J connectivity index is 1.61. The van der Waals surface area contributed by atoms with E-state index >= 15 is 0 Å². The van der Waals surface area contributed by atoms with Crippen molar-refractivity contribution in [2.75, 3.05) is 18.5 Å². The number of nitrogens with one attached hydrogen (secondary N) is 1. The lowest BCUT2D eigenvalue weighted by Gasteiger charge is -2.10. The van der Waals surface area contributed by atoms with Gasteiger partial charge in [0.2, 0.25) is 0 Å². The molecule has 0 radical (unpaired) electrons. The van der Waals surface area contributed by atoms with Crippen LogP contribution >= 0.6 is 0 Å². The van der Waals surface area contributed by atoms with Gasteiger partial charge in [0, 0.05) is 12.2 Å². The van der Waals surface area contributed by atoms with Gasteiger partial charge in [-0.1, -0.05) is 12.8 Å². The SMILES string of the molecule is O=C(OCC1CCCC1)c1ccc2c(c1)CCN2. The molecule has 1 saturated carbocycles. The first-order valence-corrected chi connectivity index (χ1v) is 6.87. The number of rotatable bonds is 3. The average molecular weight is 245 g/mol. The number of fused-ring (bicyclic) bond motifs is 1. The maximum atomic E-state index is 12.0. The van der Waals surface area contributed by atoms with Crippen LogP contribution in [0.3, 0.4) is 0 Å². The van der Waals surface area contributed by atoms with E-state index in [0.29, 0.717) is 18.1 Å². The third kappa shape index (κ3) is 2.35. The van der Waals surface area contributed by atoms with Gasteiger partial charge in [0.05, 0.1) is 12.2 Å². The topological polar surface area (TPSA) is 38.3 Å². The second kappa shape index (κ2) is 5.01. The molecule has 0 saturated heterocycles. The Kier molecular flexibility index (Phi) is 3.22. The Labute approximate surface area is 108 Å². The van der Waals surface area contributed by atoms with Crippen molar-refractivity contribution in [2.45, 2.75) is 32.1 Å². The lowest BCUT2D eigenvalue weighted by molar-refractivity contribution is 0.0442. The van der Waals surface area contributed by atoms with E-state index in [0.717, 1.165) is 18.7 Å². The van der Waals surface area contributed by atoms with Crippen LogP contribution in [0, 0.1) is 5.92 Å². The highest BCUT2D eigenvalue weighted by molar-refractivity contribution is 5.90. The van der Waals surface area contributed by atoms with Gasteiger partial charge >= 0.3 is 5.97 Å². The number of carbonyl (C=O) groups is 1. The molecule has 0 aromatic heterocycles. The van der Waals surface area contributed by atoms with Crippen molar-refractivity contribution >= 4 is 11.7 Å². The van der Waals surface area contributed by atoms with Crippen LogP contribution in [0.15, 0.2) is 18.2 Å². The molecule has 18 heavy (non-hydrogen) atoms. The summed E-state index contributed by atoms with van der Waals surface area (Å²) in [5.74, 6) is 0.418. The van der Waals surface area contributed by atoms with Crippen molar-refractivity contribution in [3.63, 3.8) is 0 Å². The molecule has 1 aromatic rings. The van der Waals surface area contributed by atoms with Gasteiger partial charge in [0.25, 0.3) is 0 Å². The molecule has 0 atom stereocenters. The molecule has 0 bridgehead atoms. The summed E-state index contributed by atoms with van der Waals surface area (Å²) >= 11 is 0. The second-order valence-corrected chi connectivity index (χ2v) is 5.30. The zero-order chi connectivity index (χ0) is 12.4. The fourth-order valence-electron chi connectivity index (χ4n) is 2.89. The van der Waals surface area contributed by atoms with Gasteiger partial charge in [0.15, 0.2) is 0 Å². The summed E-state index contributed by atoms with van der Waals surface area (Å²) in [5, 5.41) is 3.29. The molecule has 1 aliphatic carbocycles. The smallest absolute Gasteiger partial charge is 0.338 e. The van der Waals surface area contributed by atoms with E-state index in [9.17, 15) is 4.79 Å². The molecular formula is C15H19NO2. The van der Waals surface area contributed by atoms with Gasteiger partial charge < -0.3 is 10.1 Å². The molecule has 1 heterocycles. The van der Waals surface area contributed by atoms with Crippen molar-refractivity contribution in [3.05, 3.63) is 29.3 Å². The van der Waals surface area contributed by atoms with E-state index in [4.69, 9.17) is 4.74 Å². The van der Waals surface area contributed by atoms with Crippen LogP contribution < -0.4 is 5.32 Å². The van der Waals surface area contributed by atoms with Crippen molar-refractivity contribution in [1.82, 2.24) is 0 Å². The quantitative estimate of drug-likeness (QED) is 0.832. The maximum Gasteiger partial charge on any atom is 0.338 e. The highest BCUT2D eigenvalue weighted by Crippen LogP contribution is 2.26. The maximum absolute atomic E-state index is 12.0. The molecule has 3 nitrogen and oxygen atoms in total. The monoisotopic (exact) mass is 245 g/mol. The molecule has 0 unspecified atom stereocenters. The second-order valence-electron chi connectivity index (χ2n) is 5.30. The Morgan fingerprint density at radius 1 is 1.33 bits per heavy atom. The first-order chi connectivity index (χ1) is 8.83. The Morgan fingerprint density at radius 3 is 3.00 bits per heavy atom. The average Bonchev–Trinajstić information content (AvgIpc) is 3.05. The zero-order valence-electron chi connectivity index (χ0n) is 10.6. The van der Waals surface area contributed by atoms with Gasteiger partial charge in [-0.15, -0.1) is 0 Å². The minimum Gasteiger partial charge on any atom is -0.462 e. The summed E-state index contributed by atoms with van der Waals surface area (Å²) in [6, 6.07) is 5.80. The molecule has 2 aliphatic rings. The minimum atomic E-state index is -0.170. The molecule has 96 valence electrons. The summed E-state index contributed by atoms with van der Waals surface area (Å²) in [6.07, 6.45) is 5.99. The van der Waals surface area contributed by atoms with Crippen molar-refractivity contribution in [2.24, 2.45) is 5.92 Å². The normalized spacial score (nSPS) is 18.4. The van der Waals surface area contributed by atoms with Gasteiger partial charge in [0.1, 0.15) is 0 Å². The molecule has 0 spiro atoms. The third-order valence-electron chi connectivity index (χ3n) is 3.98. The molecule has 0 amide bonds. The van der Waals surface area contributed by atoms with Crippen LogP contribution in [0.25, 0.3) is 0 Å². The standard InChI is InChI=1S/C15H19NO2/c17-15(18-10-11-3-1-2-4-11)13-5-6-14-12(9-13)7-8-16-14/h5-6,9,11,16H,1-4,7-8,10H2. The number of anilines is 1. The summed E-state index contributed by atoms with van der Waals surface area (Å²) in [7, 11) is 0. The largest absolute Gasteiger partial charge is 0.462 e. The van der Waals surface area contributed by atoms with Crippen molar-refractivity contribution in [1.29, 1.82) is 0 Å². The predicted molar refractivity (Wildman–Crippen MR) is 70.9 cm³/mol. The summed E-state index contributed by atoms with van der Waals surface area (Å²) in [4.78, 5) is 12.0. The summed E-state index contributed by atoms with van der Waals surface area (Å²) in [6.45, 7) is 1.56. The Hall–Kier alpha value is -1.51. The Bertz CT molecular complexity index is 450. The van der Waals surface area contributed by atoms with E-state index < -0.39 is 0 Å². The highest BCUT2D eigenvalue weighted by Gasteiger charge is 2.18. The number of carbonyl (C=O) groups excluding carboxylic acids is 1. The minimum absolute atomic E-state index is 0.170. The first kappa shape index (κ1) is 11.6. The van der Waals surface area contributed by atoms with E-state index in [1.165, 1.54) is 31.2 Å². The fourth-order valence-corrected chi connectivity index (χ4v) is 2.89. The van der Waals surface area contributed by atoms with Gasteiger partial charge in [-0.2, -0.15) is 0 Å². The van der Waals surface area contributed by atoms with Gasteiger partial charge in [-0.05, 0) is 48.9 Å². The molecule has 1 aromatic carbocycles. The van der Waals surface area contributed by atoms with E-state index in [1.807, 2.05) is 18.2 Å². The number of hydrogen-bond acceptors (Lipinski definition) is 3. The molecule has 1 aliphatic heterocycles. The summed E-state index contributed by atoms with van der Waals surface area (Å²) in [5.41, 5.74) is 3.07. The van der Waals surface area contributed by atoms with Gasteiger partial charge in [-0.25, -0.2) is 4.79 Å². The number of ether oxygens (including phenoxy) is 1. The van der Waals surface area contributed by atoms with E-state index in [2.05, 4.69) is 5.32 Å². The van der Waals surface area contributed by atoms with Crippen LogP contribution in [-0.2, 0) is 11.2 Å².